The number of halogens is 2. The summed E-state index contributed by atoms with van der Waals surface area (Å²) in [5.74, 6) is -0.671. The first-order valence-electron chi connectivity index (χ1n) is 10.0. The molecule has 0 aliphatic heterocycles. The third-order valence-electron chi connectivity index (χ3n) is 4.80. The van der Waals surface area contributed by atoms with E-state index in [-0.39, 0.29) is 21.7 Å². The van der Waals surface area contributed by atoms with Crippen molar-refractivity contribution in [2.75, 3.05) is 26.6 Å². The molecule has 3 aromatic rings. The second kappa shape index (κ2) is 11.5. The largest absolute Gasteiger partial charge is 0.493 e. The van der Waals surface area contributed by atoms with Crippen molar-refractivity contribution in [2.45, 2.75) is 0 Å². The molecular formula is C24H21Cl2N3O6. The average molecular weight is 518 g/mol. The van der Waals surface area contributed by atoms with Crippen molar-refractivity contribution in [1.29, 1.82) is 0 Å². The van der Waals surface area contributed by atoms with Crippen LogP contribution in [-0.2, 0) is 0 Å². The summed E-state index contributed by atoms with van der Waals surface area (Å²) in [4.78, 5) is 37.4. The van der Waals surface area contributed by atoms with Gasteiger partial charge in [-0.3, -0.25) is 25.2 Å². The van der Waals surface area contributed by atoms with Crippen molar-refractivity contribution in [2.24, 2.45) is 0 Å². The Kier molecular flexibility index (Phi) is 8.40. The van der Waals surface area contributed by atoms with E-state index in [1.807, 2.05) is 0 Å². The topological polar surface area (TPSA) is 115 Å². The van der Waals surface area contributed by atoms with E-state index in [0.29, 0.717) is 28.0 Å². The van der Waals surface area contributed by atoms with Crippen LogP contribution in [0.4, 0.5) is 5.69 Å². The van der Waals surface area contributed by atoms with Gasteiger partial charge in [-0.05, 0) is 54.6 Å². The van der Waals surface area contributed by atoms with Gasteiger partial charge in [-0.25, -0.2) is 0 Å². The zero-order chi connectivity index (χ0) is 25.5. The van der Waals surface area contributed by atoms with Gasteiger partial charge in [0.15, 0.2) is 11.5 Å². The molecule has 0 fully saturated rings. The number of hydrogen-bond acceptors (Lipinski definition) is 6. The van der Waals surface area contributed by atoms with Gasteiger partial charge >= 0.3 is 0 Å². The summed E-state index contributed by atoms with van der Waals surface area (Å²) in [5, 5.41) is 3.32. The molecule has 0 atom stereocenters. The molecular weight excluding hydrogens is 497 g/mol. The third-order valence-corrected chi connectivity index (χ3v) is 5.34. The molecule has 0 radical (unpaired) electrons. The standard InChI is InChI=1S/C24H21Cl2N3O6/c1-33-19-10-14(11-20(34-2)21(19)35-3)23(31)29-28-22(30)13-4-7-16(8-5-13)27-24(32)17-9-6-15(25)12-18(17)26/h4-12H,1-3H3,(H,27,32)(H,28,30)(H,29,31). The van der Waals surface area contributed by atoms with Crippen LogP contribution in [0.2, 0.25) is 10.0 Å². The predicted octanol–water partition coefficient (Wildman–Crippen LogP) is 4.35. The number of carbonyl (C=O) groups is 3. The van der Waals surface area contributed by atoms with E-state index in [9.17, 15) is 14.4 Å². The lowest BCUT2D eigenvalue weighted by Crippen LogP contribution is -2.41. The van der Waals surface area contributed by atoms with Crippen molar-refractivity contribution in [3.05, 3.63) is 81.3 Å². The molecule has 3 amide bonds. The van der Waals surface area contributed by atoms with Crippen LogP contribution >= 0.6 is 23.2 Å². The van der Waals surface area contributed by atoms with Gasteiger partial charge in [0.05, 0.1) is 31.9 Å². The Bertz CT molecular complexity index is 1240. The van der Waals surface area contributed by atoms with Crippen molar-refractivity contribution in [1.82, 2.24) is 10.9 Å². The van der Waals surface area contributed by atoms with E-state index in [2.05, 4.69) is 16.2 Å². The van der Waals surface area contributed by atoms with Crippen LogP contribution in [-0.4, -0.2) is 39.1 Å². The first kappa shape index (κ1) is 25.7. The Hall–Kier alpha value is -3.95. The number of ether oxygens (including phenoxy) is 3. The Labute approximate surface area is 211 Å². The summed E-state index contributed by atoms with van der Waals surface area (Å²) >= 11 is 11.9. The maximum atomic E-state index is 12.5. The summed E-state index contributed by atoms with van der Waals surface area (Å²) in [6.45, 7) is 0. The van der Waals surface area contributed by atoms with Crippen molar-refractivity contribution in [3.63, 3.8) is 0 Å². The lowest BCUT2D eigenvalue weighted by Gasteiger charge is -2.14. The maximum Gasteiger partial charge on any atom is 0.269 e. The van der Waals surface area contributed by atoms with Crippen LogP contribution < -0.4 is 30.4 Å². The zero-order valence-corrected chi connectivity index (χ0v) is 20.4. The van der Waals surface area contributed by atoms with Crippen LogP contribution in [0.1, 0.15) is 31.1 Å². The quantitative estimate of drug-likeness (QED) is 0.401. The molecule has 182 valence electrons. The molecule has 0 unspecified atom stereocenters. The smallest absolute Gasteiger partial charge is 0.269 e. The van der Waals surface area contributed by atoms with Crippen LogP contribution in [0.15, 0.2) is 54.6 Å². The van der Waals surface area contributed by atoms with E-state index in [4.69, 9.17) is 37.4 Å². The minimum atomic E-state index is -0.596. The minimum absolute atomic E-state index is 0.179. The van der Waals surface area contributed by atoms with Gasteiger partial charge in [0.2, 0.25) is 5.75 Å². The molecule has 0 heterocycles. The monoisotopic (exact) mass is 517 g/mol. The Morgan fingerprint density at radius 3 is 1.77 bits per heavy atom. The molecule has 3 rings (SSSR count). The van der Waals surface area contributed by atoms with E-state index < -0.39 is 17.7 Å². The highest BCUT2D eigenvalue weighted by atomic mass is 35.5. The summed E-state index contributed by atoms with van der Waals surface area (Å²) in [6.07, 6.45) is 0. The maximum absolute atomic E-state index is 12.5. The molecule has 11 heteroatoms. The highest BCUT2D eigenvalue weighted by Crippen LogP contribution is 2.38. The number of anilines is 1. The van der Waals surface area contributed by atoms with E-state index in [0.717, 1.165) is 0 Å². The number of carbonyl (C=O) groups excluding carboxylic acids is 3. The molecule has 0 saturated carbocycles. The van der Waals surface area contributed by atoms with Gasteiger partial charge in [-0.2, -0.15) is 0 Å². The van der Waals surface area contributed by atoms with Gasteiger partial charge in [0.1, 0.15) is 0 Å². The molecule has 9 nitrogen and oxygen atoms in total. The van der Waals surface area contributed by atoms with Gasteiger partial charge in [-0.1, -0.05) is 23.2 Å². The van der Waals surface area contributed by atoms with Crippen LogP contribution in [0, 0.1) is 0 Å². The average Bonchev–Trinajstić information content (AvgIpc) is 2.86. The van der Waals surface area contributed by atoms with Crippen LogP contribution in [0.5, 0.6) is 17.2 Å². The SMILES string of the molecule is COc1cc(C(=O)NNC(=O)c2ccc(NC(=O)c3ccc(Cl)cc3Cl)cc2)cc(OC)c1OC. The summed E-state index contributed by atoms with van der Waals surface area (Å²) < 4.78 is 15.7. The summed E-state index contributed by atoms with van der Waals surface area (Å²) in [5.41, 5.74) is 5.79. The van der Waals surface area contributed by atoms with E-state index in [1.165, 1.54) is 69.9 Å². The molecule has 0 bridgehead atoms. The molecule has 0 saturated heterocycles. The zero-order valence-electron chi connectivity index (χ0n) is 18.9. The molecule has 3 aromatic carbocycles. The fourth-order valence-corrected chi connectivity index (χ4v) is 3.54. The summed E-state index contributed by atoms with van der Waals surface area (Å²) in [7, 11) is 4.30. The molecule has 0 aromatic heterocycles. The van der Waals surface area contributed by atoms with Crippen LogP contribution in [0.3, 0.4) is 0 Å². The molecule has 3 N–H and O–H groups in total. The van der Waals surface area contributed by atoms with Crippen molar-refractivity contribution >= 4 is 46.6 Å². The van der Waals surface area contributed by atoms with Gasteiger partial charge in [0.25, 0.3) is 17.7 Å². The Morgan fingerprint density at radius 2 is 1.26 bits per heavy atom. The number of methoxy groups -OCH3 is 3. The highest BCUT2D eigenvalue weighted by Gasteiger charge is 2.18. The van der Waals surface area contributed by atoms with Crippen molar-refractivity contribution < 1.29 is 28.6 Å². The molecule has 0 spiro atoms. The Balaban J connectivity index is 1.63. The number of amides is 3. The predicted molar refractivity (Wildman–Crippen MR) is 132 cm³/mol. The second-order valence-electron chi connectivity index (χ2n) is 6.98. The van der Waals surface area contributed by atoms with Gasteiger partial charge in [0, 0.05) is 21.8 Å². The third kappa shape index (κ3) is 6.14. The second-order valence-corrected chi connectivity index (χ2v) is 7.82. The summed E-state index contributed by atoms with van der Waals surface area (Å²) in [6, 6.07) is 13.5. The number of nitrogens with one attached hydrogen (secondary N) is 3. The number of hydrazine groups is 1. The first-order chi connectivity index (χ1) is 16.8. The van der Waals surface area contributed by atoms with Crippen LogP contribution in [0.25, 0.3) is 0 Å². The number of benzene rings is 3. The fraction of sp³-hybridized carbons (Fsp3) is 0.125. The highest BCUT2D eigenvalue weighted by molar-refractivity contribution is 6.37. The first-order valence-corrected chi connectivity index (χ1v) is 10.8. The Morgan fingerprint density at radius 1 is 0.686 bits per heavy atom. The van der Waals surface area contributed by atoms with Gasteiger partial charge in [-0.15, -0.1) is 0 Å². The molecule has 35 heavy (non-hydrogen) atoms. The minimum Gasteiger partial charge on any atom is -0.493 e. The van der Waals surface area contributed by atoms with Gasteiger partial charge < -0.3 is 19.5 Å². The number of rotatable bonds is 7. The molecule has 0 aliphatic carbocycles. The normalized spacial score (nSPS) is 10.2. The van der Waals surface area contributed by atoms with Crippen molar-refractivity contribution in [3.8, 4) is 17.2 Å². The lowest BCUT2D eigenvalue weighted by molar-refractivity contribution is 0.0846. The van der Waals surface area contributed by atoms with E-state index in [1.54, 1.807) is 6.07 Å². The van der Waals surface area contributed by atoms with E-state index >= 15 is 0 Å². The lowest BCUT2D eigenvalue weighted by atomic mass is 10.1. The number of hydrogen-bond donors (Lipinski definition) is 3. The fourth-order valence-electron chi connectivity index (χ4n) is 3.05. The molecule has 0 aliphatic rings.